The molecule has 0 saturated heterocycles. The number of H-pyrrole nitrogens is 1. The number of fused-ring (bicyclic) bond motifs is 1. The summed E-state index contributed by atoms with van der Waals surface area (Å²) >= 11 is 3.20. The summed E-state index contributed by atoms with van der Waals surface area (Å²) < 4.78 is 0.250. The highest BCUT2D eigenvalue weighted by molar-refractivity contribution is 9.10. The predicted molar refractivity (Wildman–Crippen MR) is 107 cm³/mol. The van der Waals surface area contributed by atoms with E-state index in [9.17, 15) is 19.8 Å². The number of nitrogen functional groups attached to an aromatic ring is 1. The first-order valence-electron chi connectivity index (χ1n) is 8.12. The molecule has 144 valence electrons. The van der Waals surface area contributed by atoms with Crippen LogP contribution < -0.4 is 5.73 Å². The zero-order valence-corrected chi connectivity index (χ0v) is 15.9. The van der Waals surface area contributed by atoms with Gasteiger partial charge in [0.15, 0.2) is 0 Å². The Morgan fingerprint density at radius 2 is 1.89 bits per heavy atom. The molecule has 0 saturated carbocycles. The summed E-state index contributed by atoms with van der Waals surface area (Å²) in [6.45, 7) is 0. The van der Waals surface area contributed by atoms with E-state index in [0.717, 1.165) is 10.9 Å². The standard InChI is InChI=1S/C19H16BrN3O5/c20-13-5-9(11(19(27)28)7-16(24)25)4-12(17(13)26)15-6-10-3-8(18(21)22)1-2-14(10)23-15/h1-6,11,23,26H,7H2,(H3,21,22)(H,24,25)(H,27,28)/t11-/m1/s1. The van der Waals surface area contributed by atoms with Gasteiger partial charge in [-0.3, -0.25) is 15.0 Å². The average molecular weight is 446 g/mol. The van der Waals surface area contributed by atoms with Crippen molar-refractivity contribution >= 4 is 44.6 Å². The third-order valence-electron chi connectivity index (χ3n) is 4.39. The Labute approximate surface area is 167 Å². The second kappa shape index (κ2) is 7.35. The molecule has 1 heterocycles. The molecule has 7 N–H and O–H groups in total. The summed E-state index contributed by atoms with van der Waals surface area (Å²) in [7, 11) is 0. The molecule has 8 nitrogen and oxygen atoms in total. The number of aromatic amines is 1. The van der Waals surface area contributed by atoms with E-state index in [-0.39, 0.29) is 21.6 Å². The van der Waals surface area contributed by atoms with Crippen molar-refractivity contribution in [1.82, 2.24) is 4.98 Å². The van der Waals surface area contributed by atoms with E-state index in [0.29, 0.717) is 16.8 Å². The van der Waals surface area contributed by atoms with Crippen LogP contribution in [-0.4, -0.2) is 38.1 Å². The van der Waals surface area contributed by atoms with Crippen LogP contribution in [0.2, 0.25) is 0 Å². The monoisotopic (exact) mass is 445 g/mol. The first-order chi connectivity index (χ1) is 13.2. The molecule has 0 fully saturated rings. The molecule has 0 aliphatic heterocycles. The van der Waals surface area contributed by atoms with Crippen molar-refractivity contribution in [2.24, 2.45) is 5.73 Å². The van der Waals surface area contributed by atoms with Crippen molar-refractivity contribution < 1.29 is 24.9 Å². The highest BCUT2D eigenvalue weighted by Gasteiger charge is 2.25. The molecule has 0 unspecified atom stereocenters. The van der Waals surface area contributed by atoms with Gasteiger partial charge in [0, 0.05) is 22.0 Å². The molecule has 3 aromatic rings. The third-order valence-corrected chi connectivity index (χ3v) is 4.99. The minimum Gasteiger partial charge on any atom is -0.506 e. The van der Waals surface area contributed by atoms with Gasteiger partial charge in [0.05, 0.1) is 22.5 Å². The number of carbonyl (C=O) groups is 2. The summed E-state index contributed by atoms with van der Waals surface area (Å²) in [5.41, 5.74) is 7.87. The molecule has 28 heavy (non-hydrogen) atoms. The second-order valence-corrected chi connectivity index (χ2v) is 7.14. The second-order valence-electron chi connectivity index (χ2n) is 6.29. The number of phenolic OH excluding ortho intramolecular Hbond substituents is 1. The number of nitrogens with two attached hydrogens (primary N) is 1. The van der Waals surface area contributed by atoms with Crippen molar-refractivity contribution in [1.29, 1.82) is 5.41 Å². The van der Waals surface area contributed by atoms with Crippen LogP contribution in [0.4, 0.5) is 0 Å². The van der Waals surface area contributed by atoms with Crippen LogP contribution in [0.3, 0.4) is 0 Å². The lowest BCUT2D eigenvalue weighted by Crippen LogP contribution is -2.16. The van der Waals surface area contributed by atoms with E-state index in [4.69, 9.17) is 16.2 Å². The van der Waals surface area contributed by atoms with Crippen LogP contribution in [0, 0.1) is 5.41 Å². The highest BCUT2D eigenvalue weighted by atomic mass is 79.9. The van der Waals surface area contributed by atoms with Crippen LogP contribution >= 0.6 is 15.9 Å². The molecule has 0 aliphatic carbocycles. The van der Waals surface area contributed by atoms with Gasteiger partial charge in [0.1, 0.15) is 11.6 Å². The fourth-order valence-corrected chi connectivity index (χ4v) is 3.47. The number of aromatic hydroxyl groups is 1. The molecule has 1 aromatic heterocycles. The lowest BCUT2D eigenvalue weighted by atomic mass is 9.93. The van der Waals surface area contributed by atoms with Gasteiger partial charge in [-0.05, 0) is 57.9 Å². The van der Waals surface area contributed by atoms with Gasteiger partial charge in [-0.25, -0.2) is 0 Å². The summed E-state index contributed by atoms with van der Waals surface area (Å²) in [5.74, 6) is -3.95. The Morgan fingerprint density at radius 1 is 1.18 bits per heavy atom. The first kappa shape index (κ1) is 19.4. The smallest absolute Gasteiger partial charge is 0.311 e. The van der Waals surface area contributed by atoms with Gasteiger partial charge in [0.25, 0.3) is 0 Å². The predicted octanol–water partition coefficient (Wildman–Crippen LogP) is 3.23. The minimum absolute atomic E-state index is 0.0739. The number of hydrogen-bond donors (Lipinski definition) is 6. The van der Waals surface area contributed by atoms with E-state index in [1.54, 1.807) is 24.3 Å². The molecular formula is C19H16BrN3O5. The number of halogens is 1. The van der Waals surface area contributed by atoms with E-state index < -0.39 is 24.3 Å². The zero-order valence-electron chi connectivity index (χ0n) is 14.4. The molecule has 0 aliphatic rings. The molecular weight excluding hydrogens is 430 g/mol. The van der Waals surface area contributed by atoms with Gasteiger partial charge in [-0.15, -0.1) is 0 Å². The number of phenols is 1. The Kier molecular flexibility index (Phi) is 5.10. The SMILES string of the molecule is N=C(N)c1ccc2[nH]c(-c3cc([C@@H](CC(=O)O)C(=O)O)cc(Br)c3O)cc2c1. The Balaban J connectivity index is 2.14. The van der Waals surface area contributed by atoms with Gasteiger partial charge < -0.3 is 26.0 Å². The lowest BCUT2D eigenvalue weighted by molar-refractivity contribution is -0.145. The number of benzene rings is 2. The normalized spacial score (nSPS) is 12.0. The summed E-state index contributed by atoms with van der Waals surface area (Å²) in [5, 5.41) is 37.2. The number of carboxylic acid groups (broad SMARTS) is 2. The maximum atomic E-state index is 11.5. The van der Waals surface area contributed by atoms with Gasteiger partial charge in [-0.2, -0.15) is 0 Å². The van der Waals surface area contributed by atoms with Crippen molar-refractivity contribution in [3.63, 3.8) is 0 Å². The summed E-state index contributed by atoms with van der Waals surface area (Å²) in [6, 6.07) is 9.74. The molecule has 1 atom stereocenters. The number of aliphatic carboxylic acids is 2. The molecule has 0 bridgehead atoms. The van der Waals surface area contributed by atoms with Crippen LogP contribution in [0.1, 0.15) is 23.5 Å². The first-order valence-corrected chi connectivity index (χ1v) is 8.91. The number of amidine groups is 1. The van der Waals surface area contributed by atoms with E-state index in [2.05, 4.69) is 20.9 Å². The van der Waals surface area contributed by atoms with Crippen LogP contribution in [-0.2, 0) is 9.59 Å². The summed E-state index contributed by atoms with van der Waals surface area (Å²) in [4.78, 5) is 25.7. The molecule has 0 amide bonds. The van der Waals surface area contributed by atoms with Crippen LogP contribution in [0.25, 0.3) is 22.2 Å². The van der Waals surface area contributed by atoms with E-state index in [1.807, 2.05) is 0 Å². The summed E-state index contributed by atoms with van der Waals surface area (Å²) in [6.07, 6.45) is -0.583. The van der Waals surface area contributed by atoms with Crippen molar-refractivity contribution in [3.05, 3.63) is 52.0 Å². The van der Waals surface area contributed by atoms with Crippen molar-refractivity contribution in [3.8, 4) is 17.0 Å². The fourth-order valence-electron chi connectivity index (χ4n) is 2.99. The molecule has 0 radical (unpaired) electrons. The topological polar surface area (TPSA) is 160 Å². The quantitative estimate of drug-likeness (QED) is 0.252. The van der Waals surface area contributed by atoms with Gasteiger partial charge in [-0.1, -0.05) is 0 Å². The highest BCUT2D eigenvalue weighted by Crippen LogP contribution is 2.39. The molecule has 2 aromatic carbocycles. The number of carboxylic acids is 2. The lowest BCUT2D eigenvalue weighted by Gasteiger charge is -2.14. The maximum absolute atomic E-state index is 11.5. The third kappa shape index (κ3) is 3.70. The number of aromatic nitrogens is 1. The Bertz CT molecular complexity index is 1120. The average Bonchev–Trinajstić information content (AvgIpc) is 3.04. The Morgan fingerprint density at radius 3 is 2.50 bits per heavy atom. The number of rotatable bonds is 6. The Hall–Kier alpha value is -3.33. The van der Waals surface area contributed by atoms with Gasteiger partial charge in [0.2, 0.25) is 0 Å². The molecule has 9 heteroatoms. The largest absolute Gasteiger partial charge is 0.506 e. The van der Waals surface area contributed by atoms with Gasteiger partial charge >= 0.3 is 11.9 Å². The van der Waals surface area contributed by atoms with Crippen LogP contribution in [0.5, 0.6) is 5.75 Å². The van der Waals surface area contributed by atoms with Crippen molar-refractivity contribution in [2.75, 3.05) is 0 Å². The fraction of sp³-hybridized carbons (Fsp3) is 0.105. The van der Waals surface area contributed by atoms with E-state index in [1.165, 1.54) is 12.1 Å². The molecule has 3 rings (SSSR count). The number of hydrogen-bond acceptors (Lipinski definition) is 4. The van der Waals surface area contributed by atoms with Crippen molar-refractivity contribution in [2.45, 2.75) is 12.3 Å². The van der Waals surface area contributed by atoms with E-state index >= 15 is 0 Å². The molecule has 0 spiro atoms. The number of nitrogens with one attached hydrogen (secondary N) is 2. The van der Waals surface area contributed by atoms with Crippen LogP contribution in [0.15, 0.2) is 40.9 Å². The maximum Gasteiger partial charge on any atom is 0.311 e. The minimum atomic E-state index is -1.27. The zero-order chi connectivity index (χ0) is 20.6.